The molecule has 3 aliphatic rings. The SMILES string of the molecule is O=C(OC12CCN(CC1)CC2)c1ccccc1. The molecular weight excluding hydrogens is 214 g/mol. The Kier molecular flexibility index (Phi) is 2.63. The molecule has 90 valence electrons. The van der Waals surface area contributed by atoms with Gasteiger partial charge in [-0.2, -0.15) is 0 Å². The minimum absolute atomic E-state index is 0.166. The first-order chi connectivity index (χ1) is 8.27. The fourth-order valence-corrected chi connectivity index (χ4v) is 2.78. The molecule has 1 aromatic rings. The molecule has 0 N–H and O–H groups in total. The van der Waals surface area contributed by atoms with Gasteiger partial charge in [0, 0.05) is 38.9 Å². The van der Waals surface area contributed by atoms with E-state index in [0.717, 1.165) is 38.9 Å². The lowest BCUT2D eigenvalue weighted by molar-refractivity contribution is -0.0870. The Morgan fingerprint density at radius 2 is 1.65 bits per heavy atom. The molecule has 0 aromatic heterocycles. The van der Waals surface area contributed by atoms with Gasteiger partial charge in [0.05, 0.1) is 5.56 Å². The maximum absolute atomic E-state index is 12.1. The van der Waals surface area contributed by atoms with Gasteiger partial charge in [-0.15, -0.1) is 0 Å². The first-order valence-corrected chi connectivity index (χ1v) is 6.28. The van der Waals surface area contributed by atoms with Crippen LogP contribution in [0, 0.1) is 0 Å². The number of fused-ring (bicyclic) bond motifs is 3. The summed E-state index contributed by atoms with van der Waals surface area (Å²) in [6, 6.07) is 9.29. The van der Waals surface area contributed by atoms with E-state index in [-0.39, 0.29) is 11.6 Å². The van der Waals surface area contributed by atoms with Gasteiger partial charge in [-0.25, -0.2) is 4.79 Å². The number of hydrogen-bond acceptors (Lipinski definition) is 3. The average Bonchev–Trinajstić information content (AvgIpc) is 2.41. The molecule has 0 radical (unpaired) electrons. The summed E-state index contributed by atoms with van der Waals surface area (Å²) < 4.78 is 5.79. The molecule has 0 atom stereocenters. The maximum atomic E-state index is 12.1. The number of hydrogen-bond donors (Lipinski definition) is 0. The van der Waals surface area contributed by atoms with Crippen LogP contribution in [0.4, 0.5) is 0 Å². The van der Waals surface area contributed by atoms with Gasteiger partial charge in [0.15, 0.2) is 0 Å². The van der Waals surface area contributed by atoms with Crippen LogP contribution in [-0.4, -0.2) is 36.1 Å². The van der Waals surface area contributed by atoms with Crippen molar-refractivity contribution < 1.29 is 9.53 Å². The Balaban J connectivity index is 1.72. The monoisotopic (exact) mass is 231 g/mol. The molecule has 0 amide bonds. The van der Waals surface area contributed by atoms with Crippen LogP contribution < -0.4 is 0 Å². The fourth-order valence-electron chi connectivity index (χ4n) is 2.78. The smallest absolute Gasteiger partial charge is 0.338 e. The van der Waals surface area contributed by atoms with Crippen molar-refractivity contribution in [1.82, 2.24) is 4.90 Å². The molecule has 17 heavy (non-hydrogen) atoms. The molecule has 3 fully saturated rings. The van der Waals surface area contributed by atoms with E-state index in [0.29, 0.717) is 5.56 Å². The Hall–Kier alpha value is -1.35. The molecule has 3 saturated heterocycles. The van der Waals surface area contributed by atoms with Gasteiger partial charge in [0.2, 0.25) is 0 Å². The van der Waals surface area contributed by atoms with E-state index >= 15 is 0 Å². The van der Waals surface area contributed by atoms with Crippen LogP contribution in [-0.2, 0) is 4.74 Å². The maximum Gasteiger partial charge on any atom is 0.338 e. The van der Waals surface area contributed by atoms with Crippen molar-refractivity contribution in [3.8, 4) is 0 Å². The lowest BCUT2D eigenvalue weighted by atomic mass is 9.83. The number of rotatable bonds is 2. The van der Waals surface area contributed by atoms with Gasteiger partial charge in [-0.1, -0.05) is 18.2 Å². The number of esters is 1. The highest BCUT2D eigenvalue weighted by molar-refractivity contribution is 5.89. The van der Waals surface area contributed by atoms with Crippen LogP contribution in [0.2, 0.25) is 0 Å². The van der Waals surface area contributed by atoms with Crippen molar-refractivity contribution in [2.45, 2.75) is 24.9 Å². The predicted molar refractivity (Wildman–Crippen MR) is 64.9 cm³/mol. The average molecular weight is 231 g/mol. The highest BCUT2D eigenvalue weighted by Gasteiger charge is 2.42. The predicted octanol–water partition coefficient (Wildman–Crippen LogP) is 2.08. The topological polar surface area (TPSA) is 29.5 Å². The van der Waals surface area contributed by atoms with E-state index in [1.807, 2.05) is 30.3 Å². The van der Waals surface area contributed by atoms with Gasteiger partial charge in [0.1, 0.15) is 5.60 Å². The van der Waals surface area contributed by atoms with Crippen LogP contribution in [0.1, 0.15) is 29.6 Å². The number of carbonyl (C=O) groups is 1. The zero-order valence-corrected chi connectivity index (χ0v) is 9.89. The third kappa shape index (κ3) is 2.07. The molecule has 0 spiro atoms. The summed E-state index contributed by atoms with van der Waals surface area (Å²) in [7, 11) is 0. The quantitative estimate of drug-likeness (QED) is 0.730. The van der Waals surface area contributed by atoms with Crippen LogP contribution >= 0.6 is 0 Å². The molecule has 3 heterocycles. The summed E-state index contributed by atoms with van der Waals surface area (Å²) in [5.41, 5.74) is 0.483. The molecule has 3 heteroatoms. The second-order valence-electron chi connectivity index (χ2n) is 5.03. The highest BCUT2D eigenvalue weighted by atomic mass is 16.6. The van der Waals surface area contributed by atoms with Crippen molar-refractivity contribution in [2.75, 3.05) is 19.6 Å². The first kappa shape index (κ1) is 10.8. The molecule has 3 aliphatic heterocycles. The lowest BCUT2D eigenvalue weighted by Crippen LogP contribution is -2.54. The lowest BCUT2D eigenvalue weighted by Gasteiger charge is -2.47. The van der Waals surface area contributed by atoms with E-state index in [1.165, 1.54) is 0 Å². The second kappa shape index (κ2) is 4.15. The largest absolute Gasteiger partial charge is 0.455 e. The van der Waals surface area contributed by atoms with Gasteiger partial charge >= 0.3 is 5.97 Å². The number of nitrogens with zero attached hydrogens (tertiary/aromatic N) is 1. The molecule has 3 nitrogen and oxygen atoms in total. The van der Waals surface area contributed by atoms with Crippen molar-refractivity contribution in [1.29, 1.82) is 0 Å². The Bertz CT molecular complexity index is 394. The van der Waals surface area contributed by atoms with E-state index in [2.05, 4.69) is 4.90 Å². The summed E-state index contributed by atoms with van der Waals surface area (Å²) in [5, 5.41) is 0. The molecule has 1 aromatic carbocycles. The van der Waals surface area contributed by atoms with Crippen LogP contribution in [0.15, 0.2) is 30.3 Å². The highest BCUT2D eigenvalue weighted by Crippen LogP contribution is 2.35. The van der Waals surface area contributed by atoms with Crippen molar-refractivity contribution in [3.05, 3.63) is 35.9 Å². The molecular formula is C14H17NO2. The summed E-state index contributed by atoms with van der Waals surface area (Å²) in [5.74, 6) is -0.166. The summed E-state index contributed by atoms with van der Waals surface area (Å²) >= 11 is 0. The normalized spacial score (nSPS) is 31.2. The Morgan fingerprint density at radius 3 is 2.24 bits per heavy atom. The summed E-state index contributed by atoms with van der Waals surface area (Å²) in [6.07, 6.45) is 2.97. The summed E-state index contributed by atoms with van der Waals surface area (Å²) in [4.78, 5) is 14.5. The van der Waals surface area contributed by atoms with Crippen molar-refractivity contribution >= 4 is 5.97 Å². The van der Waals surface area contributed by atoms with Gasteiger partial charge in [-0.3, -0.25) is 0 Å². The Labute approximate surface area is 101 Å². The molecule has 4 rings (SSSR count). The van der Waals surface area contributed by atoms with Crippen LogP contribution in [0.3, 0.4) is 0 Å². The first-order valence-electron chi connectivity index (χ1n) is 6.28. The van der Waals surface area contributed by atoms with E-state index < -0.39 is 0 Å². The third-order valence-electron chi connectivity index (χ3n) is 3.97. The number of benzene rings is 1. The molecule has 0 aliphatic carbocycles. The van der Waals surface area contributed by atoms with Crippen molar-refractivity contribution in [2.24, 2.45) is 0 Å². The van der Waals surface area contributed by atoms with Crippen molar-refractivity contribution in [3.63, 3.8) is 0 Å². The molecule has 2 bridgehead atoms. The second-order valence-corrected chi connectivity index (χ2v) is 5.03. The zero-order chi connectivity index (χ0) is 11.7. The van der Waals surface area contributed by atoms with E-state index in [9.17, 15) is 4.79 Å². The van der Waals surface area contributed by atoms with Crippen LogP contribution in [0.5, 0.6) is 0 Å². The third-order valence-corrected chi connectivity index (χ3v) is 3.97. The van der Waals surface area contributed by atoms with Crippen LogP contribution in [0.25, 0.3) is 0 Å². The van der Waals surface area contributed by atoms with Gasteiger partial charge in [-0.05, 0) is 12.1 Å². The molecule has 0 saturated carbocycles. The van der Waals surface area contributed by atoms with E-state index in [1.54, 1.807) is 0 Å². The number of piperidine rings is 3. The van der Waals surface area contributed by atoms with E-state index in [4.69, 9.17) is 4.74 Å². The number of carbonyl (C=O) groups excluding carboxylic acids is 1. The fraction of sp³-hybridized carbons (Fsp3) is 0.500. The standard InChI is InChI=1S/C14H17NO2/c16-13(12-4-2-1-3-5-12)17-14-6-9-15(10-7-14)11-8-14/h1-5H,6-11H2. The minimum Gasteiger partial charge on any atom is -0.455 e. The minimum atomic E-state index is -0.179. The van der Waals surface area contributed by atoms with Gasteiger partial charge in [0.25, 0.3) is 0 Å². The molecule has 0 unspecified atom stereocenters. The van der Waals surface area contributed by atoms with Gasteiger partial charge < -0.3 is 9.64 Å². The Morgan fingerprint density at radius 1 is 1.06 bits per heavy atom. The summed E-state index contributed by atoms with van der Waals surface area (Å²) in [6.45, 7) is 3.21. The number of ether oxygens (including phenoxy) is 1. The zero-order valence-electron chi connectivity index (χ0n) is 9.89.